The number of nitriles is 1. The Kier molecular flexibility index (Phi) is 3.99. The van der Waals surface area contributed by atoms with E-state index in [9.17, 15) is 18.0 Å². The van der Waals surface area contributed by atoms with Crippen LogP contribution in [0.25, 0.3) is 0 Å². The molecule has 2 rings (SSSR count). The first-order valence-corrected chi connectivity index (χ1v) is 6.05. The fourth-order valence-electron chi connectivity index (χ4n) is 2.15. The molecule has 1 aliphatic rings. The van der Waals surface area contributed by atoms with Crippen molar-refractivity contribution < 1.29 is 18.0 Å². The zero-order chi connectivity index (χ0) is 14.8. The minimum atomic E-state index is -4.40. The molecule has 1 aliphatic heterocycles. The second-order valence-corrected chi connectivity index (χ2v) is 4.48. The summed E-state index contributed by atoms with van der Waals surface area (Å²) in [5.74, 6) is -0.549. The average molecular weight is 286 g/mol. The molecular formula is C12H13F3N4O. The van der Waals surface area contributed by atoms with E-state index in [2.05, 4.69) is 5.32 Å². The number of carbonyl (C=O) groups is 1. The Morgan fingerprint density at radius 3 is 2.95 bits per heavy atom. The lowest BCUT2D eigenvalue weighted by Crippen LogP contribution is -2.53. The van der Waals surface area contributed by atoms with Gasteiger partial charge in [-0.05, 0) is 12.1 Å². The molecule has 0 aliphatic carbocycles. The molecule has 1 fully saturated rings. The summed E-state index contributed by atoms with van der Waals surface area (Å²) in [6.45, 7) is -0.0786. The van der Waals surface area contributed by atoms with Crippen molar-refractivity contribution in [1.29, 1.82) is 5.26 Å². The molecule has 1 aromatic rings. The Morgan fingerprint density at radius 1 is 1.55 bits per heavy atom. The molecule has 2 heterocycles. The van der Waals surface area contributed by atoms with Crippen LogP contribution in [-0.4, -0.2) is 47.2 Å². The van der Waals surface area contributed by atoms with Crippen LogP contribution in [0, 0.1) is 11.3 Å². The Hall–Kier alpha value is -2.01. The summed E-state index contributed by atoms with van der Waals surface area (Å²) in [5.41, 5.74) is -0.0514. The minimum Gasteiger partial charge on any atom is -0.334 e. The highest BCUT2D eigenvalue weighted by atomic mass is 19.4. The van der Waals surface area contributed by atoms with Gasteiger partial charge in [-0.25, -0.2) is 0 Å². The Morgan fingerprint density at radius 2 is 2.30 bits per heavy atom. The maximum atomic E-state index is 12.4. The normalized spacial score (nSPS) is 19.7. The van der Waals surface area contributed by atoms with Crippen LogP contribution in [-0.2, 0) is 6.54 Å². The van der Waals surface area contributed by atoms with E-state index >= 15 is 0 Å². The van der Waals surface area contributed by atoms with Crippen molar-refractivity contribution in [3.05, 3.63) is 24.0 Å². The van der Waals surface area contributed by atoms with E-state index in [-0.39, 0.29) is 5.69 Å². The number of carbonyl (C=O) groups excluding carboxylic acids is 1. The van der Waals surface area contributed by atoms with Gasteiger partial charge in [0.05, 0.1) is 6.07 Å². The highest BCUT2D eigenvalue weighted by molar-refractivity contribution is 5.93. The molecule has 1 unspecified atom stereocenters. The van der Waals surface area contributed by atoms with Crippen molar-refractivity contribution in [3.8, 4) is 6.07 Å². The van der Waals surface area contributed by atoms with Crippen LogP contribution in [0.15, 0.2) is 18.3 Å². The third-order valence-corrected chi connectivity index (χ3v) is 3.05. The average Bonchev–Trinajstić information content (AvgIpc) is 2.83. The van der Waals surface area contributed by atoms with E-state index < -0.39 is 24.7 Å². The fourth-order valence-corrected chi connectivity index (χ4v) is 2.15. The molecule has 0 bridgehead atoms. The summed E-state index contributed by atoms with van der Waals surface area (Å²) in [4.78, 5) is 13.6. The predicted molar refractivity (Wildman–Crippen MR) is 63.8 cm³/mol. The largest absolute Gasteiger partial charge is 0.406 e. The number of hydrogen-bond donors (Lipinski definition) is 1. The summed E-state index contributed by atoms with van der Waals surface area (Å²) in [5, 5.41) is 12.0. The van der Waals surface area contributed by atoms with Gasteiger partial charge in [0.2, 0.25) is 0 Å². The molecule has 0 spiro atoms. The minimum absolute atomic E-state index is 0.0514. The second kappa shape index (κ2) is 5.54. The van der Waals surface area contributed by atoms with Gasteiger partial charge in [0, 0.05) is 25.8 Å². The number of alkyl halides is 3. The van der Waals surface area contributed by atoms with Crippen molar-refractivity contribution in [3.63, 3.8) is 0 Å². The smallest absolute Gasteiger partial charge is 0.334 e. The maximum absolute atomic E-state index is 12.4. The second-order valence-electron chi connectivity index (χ2n) is 4.48. The zero-order valence-electron chi connectivity index (χ0n) is 10.5. The van der Waals surface area contributed by atoms with Gasteiger partial charge < -0.3 is 14.8 Å². The Bertz CT molecular complexity index is 532. The molecule has 108 valence electrons. The van der Waals surface area contributed by atoms with Gasteiger partial charge in [0.1, 0.15) is 18.3 Å². The summed E-state index contributed by atoms with van der Waals surface area (Å²) in [6.07, 6.45) is -3.18. The SMILES string of the molecule is N#CC1CNCCN1C(=O)c1cccn1CC(F)(F)F. The van der Waals surface area contributed by atoms with Gasteiger partial charge in [0.15, 0.2) is 0 Å². The molecule has 8 heteroatoms. The van der Waals surface area contributed by atoms with Gasteiger partial charge in [-0.1, -0.05) is 0 Å². The standard InChI is InChI=1S/C12H13F3N4O/c13-12(14,15)8-18-4-1-2-10(18)11(20)19-5-3-17-7-9(19)6-16/h1-2,4,9,17H,3,5,7-8H2. The first kappa shape index (κ1) is 14.4. The van der Waals surface area contributed by atoms with Crippen molar-refractivity contribution in [2.45, 2.75) is 18.8 Å². The number of rotatable bonds is 2. The molecule has 1 aromatic heterocycles. The van der Waals surface area contributed by atoms with Gasteiger partial charge >= 0.3 is 6.18 Å². The molecule has 5 nitrogen and oxygen atoms in total. The van der Waals surface area contributed by atoms with Crippen molar-refractivity contribution in [2.24, 2.45) is 0 Å². The zero-order valence-corrected chi connectivity index (χ0v) is 10.5. The van der Waals surface area contributed by atoms with E-state index in [4.69, 9.17) is 5.26 Å². The molecule has 0 radical (unpaired) electrons. The van der Waals surface area contributed by atoms with Crippen LogP contribution in [0.3, 0.4) is 0 Å². The van der Waals surface area contributed by atoms with Gasteiger partial charge in [-0.3, -0.25) is 4.79 Å². The molecule has 0 saturated carbocycles. The van der Waals surface area contributed by atoms with Crippen LogP contribution in [0.2, 0.25) is 0 Å². The van der Waals surface area contributed by atoms with Crippen LogP contribution in [0.1, 0.15) is 10.5 Å². The van der Waals surface area contributed by atoms with E-state index in [1.807, 2.05) is 6.07 Å². The monoisotopic (exact) mass is 286 g/mol. The van der Waals surface area contributed by atoms with Crippen LogP contribution in [0.5, 0.6) is 0 Å². The number of amides is 1. The van der Waals surface area contributed by atoms with Gasteiger partial charge in [-0.2, -0.15) is 18.4 Å². The molecule has 1 N–H and O–H groups in total. The first-order valence-electron chi connectivity index (χ1n) is 6.05. The van der Waals surface area contributed by atoms with Crippen molar-refractivity contribution in [1.82, 2.24) is 14.8 Å². The molecule has 1 atom stereocenters. The lowest BCUT2D eigenvalue weighted by Gasteiger charge is -2.32. The molecule has 1 saturated heterocycles. The summed E-state index contributed by atoms with van der Waals surface area (Å²) >= 11 is 0. The highest BCUT2D eigenvalue weighted by Gasteiger charge is 2.32. The third kappa shape index (κ3) is 3.11. The number of nitrogens with zero attached hydrogens (tertiary/aromatic N) is 3. The summed E-state index contributed by atoms with van der Waals surface area (Å²) < 4.78 is 38.2. The van der Waals surface area contributed by atoms with Crippen LogP contribution in [0.4, 0.5) is 13.2 Å². The maximum Gasteiger partial charge on any atom is 0.406 e. The van der Waals surface area contributed by atoms with Gasteiger partial charge in [-0.15, -0.1) is 0 Å². The molecule has 1 amide bonds. The van der Waals surface area contributed by atoms with E-state index in [1.54, 1.807) is 0 Å². The number of nitrogens with one attached hydrogen (secondary N) is 1. The lowest BCUT2D eigenvalue weighted by molar-refractivity contribution is -0.140. The first-order chi connectivity index (χ1) is 9.42. The fraction of sp³-hybridized carbons (Fsp3) is 0.500. The number of aromatic nitrogens is 1. The van der Waals surface area contributed by atoms with Crippen molar-refractivity contribution >= 4 is 5.91 Å². The highest BCUT2D eigenvalue weighted by Crippen LogP contribution is 2.20. The molecule has 20 heavy (non-hydrogen) atoms. The number of hydrogen-bond acceptors (Lipinski definition) is 3. The van der Waals surface area contributed by atoms with Crippen LogP contribution >= 0.6 is 0 Å². The lowest BCUT2D eigenvalue weighted by atomic mass is 10.2. The third-order valence-electron chi connectivity index (χ3n) is 3.05. The quantitative estimate of drug-likeness (QED) is 0.882. The van der Waals surface area contributed by atoms with E-state index in [1.165, 1.54) is 23.2 Å². The molecule has 0 aromatic carbocycles. The van der Waals surface area contributed by atoms with E-state index in [0.29, 0.717) is 19.6 Å². The number of halogens is 3. The number of piperazine rings is 1. The van der Waals surface area contributed by atoms with E-state index in [0.717, 1.165) is 4.57 Å². The summed E-state index contributed by atoms with van der Waals surface area (Å²) in [6, 6.07) is 4.04. The topological polar surface area (TPSA) is 61.1 Å². The van der Waals surface area contributed by atoms with Crippen molar-refractivity contribution in [2.75, 3.05) is 19.6 Å². The van der Waals surface area contributed by atoms with Gasteiger partial charge in [0.25, 0.3) is 5.91 Å². The van der Waals surface area contributed by atoms with Crippen LogP contribution < -0.4 is 5.32 Å². The Labute approximate surface area is 113 Å². The summed E-state index contributed by atoms with van der Waals surface area (Å²) in [7, 11) is 0. The predicted octanol–water partition coefficient (Wildman–Crippen LogP) is 0.988. The Balaban J connectivity index is 2.21. The molecular weight excluding hydrogens is 273 g/mol.